The van der Waals surface area contributed by atoms with Crippen molar-refractivity contribution in [3.63, 3.8) is 0 Å². The molecule has 3 heteroatoms. The summed E-state index contributed by atoms with van der Waals surface area (Å²) in [5.41, 5.74) is 8.06. The standard InChI is InChI=1S/C39H52O2Si/c1-12-21-41-35-31(37(4,5)6)22-27(40-11)23-32(35)42(13-2,14-3)36-30-25-38(7,8)20-19-29(30)34-33(36)28-18-16-15-17-26(28)24-39(34,9)10/h12,15-18,22-25,36H,1,13-14,19-21H2,2-11H3. The molecule has 2 nitrogen and oxygen atoms in total. The fourth-order valence-electron chi connectivity index (χ4n) is 8.23. The molecule has 0 amide bonds. The van der Waals surface area contributed by atoms with E-state index in [-0.39, 0.29) is 16.2 Å². The number of benzene rings is 2. The number of hydrogen-bond acceptors (Lipinski definition) is 2. The zero-order chi connectivity index (χ0) is 30.7. The van der Waals surface area contributed by atoms with Gasteiger partial charge in [0, 0.05) is 16.5 Å². The van der Waals surface area contributed by atoms with Gasteiger partial charge in [-0.25, -0.2) is 0 Å². The predicted molar refractivity (Wildman–Crippen MR) is 183 cm³/mol. The first-order valence-electron chi connectivity index (χ1n) is 16.0. The third-order valence-electron chi connectivity index (χ3n) is 10.3. The summed E-state index contributed by atoms with van der Waals surface area (Å²) in [5, 5.41) is 4.22. The van der Waals surface area contributed by atoms with Crippen LogP contribution in [0.25, 0.3) is 11.6 Å². The van der Waals surface area contributed by atoms with Crippen LogP contribution < -0.4 is 25.1 Å². The van der Waals surface area contributed by atoms with Crippen LogP contribution in [0.2, 0.25) is 17.6 Å². The fraction of sp³-hybridized carbons (Fsp3) is 0.487. The molecule has 1 unspecified atom stereocenters. The fourth-order valence-corrected chi connectivity index (χ4v) is 13.4. The van der Waals surface area contributed by atoms with E-state index in [1.165, 1.54) is 27.6 Å². The van der Waals surface area contributed by atoms with Crippen LogP contribution in [-0.4, -0.2) is 21.8 Å². The summed E-state index contributed by atoms with van der Waals surface area (Å²) >= 11 is 0. The number of allylic oxidation sites excluding steroid dienone is 4. The lowest BCUT2D eigenvalue weighted by Crippen LogP contribution is -2.54. The molecule has 0 aromatic heterocycles. The largest absolute Gasteiger partial charge is 0.497 e. The molecular formula is C39H52O2Si. The van der Waals surface area contributed by atoms with Gasteiger partial charge < -0.3 is 9.47 Å². The maximum atomic E-state index is 6.75. The quantitative estimate of drug-likeness (QED) is 0.231. The van der Waals surface area contributed by atoms with Crippen LogP contribution in [0.3, 0.4) is 0 Å². The topological polar surface area (TPSA) is 18.5 Å². The van der Waals surface area contributed by atoms with Gasteiger partial charge in [0.1, 0.15) is 26.2 Å². The van der Waals surface area contributed by atoms with Crippen LogP contribution in [0, 0.1) is 10.8 Å². The zero-order valence-corrected chi connectivity index (χ0v) is 28.8. The molecule has 0 N–H and O–H groups in total. The van der Waals surface area contributed by atoms with E-state index in [1.54, 1.807) is 29.4 Å². The number of methoxy groups -OCH3 is 1. The molecule has 0 saturated carbocycles. The van der Waals surface area contributed by atoms with E-state index in [4.69, 9.17) is 9.47 Å². The molecule has 0 saturated heterocycles. The number of fused-ring (bicyclic) bond motifs is 3. The van der Waals surface area contributed by atoms with Gasteiger partial charge in [-0.1, -0.05) is 123 Å². The van der Waals surface area contributed by atoms with Gasteiger partial charge in [-0.2, -0.15) is 0 Å². The molecule has 2 aromatic carbocycles. The van der Waals surface area contributed by atoms with Crippen LogP contribution in [0.15, 0.2) is 71.8 Å². The Morgan fingerprint density at radius 1 is 1.02 bits per heavy atom. The van der Waals surface area contributed by atoms with Crippen molar-refractivity contribution in [2.24, 2.45) is 10.8 Å². The Balaban J connectivity index is 1.95. The summed E-state index contributed by atoms with van der Waals surface area (Å²) in [6.07, 6.45) is 9.43. The summed E-state index contributed by atoms with van der Waals surface area (Å²) in [5.74, 6) is 2.01. The molecule has 0 spiro atoms. The first-order chi connectivity index (χ1) is 19.7. The first kappa shape index (κ1) is 30.7. The van der Waals surface area contributed by atoms with Crippen molar-refractivity contribution in [1.29, 1.82) is 0 Å². The molecule has 224 valence electrons. The molecule has 0 aliphatic heterocycles. The minimum Gasteiger partial charge on any atom is -0.497 e. The van der Waals surface area contributed by atoms with Gasteiger partial charge in [0.25, 0.3) is 0 Å². The van der Waals surface area contributed by atoms with E-state index in [1.807, 2.05) is 6.08 Å². The summed E-state index contributed by atoms with van der Waals surface area (Å²) in [7, 11) is -0.543. The maximum absolute atomic E-state index is 6.75. The van der Waals surface area contributed by atoms with E-state index < -0.39 is 8.07 Å². The second-order valence-corrected chi connectivity index (χ2v) is 19.8. The Morgan fingerprint density at radius 3 is 2.33 bits per heavy atom. The van der Waals surface area contributed by atoms with Crippen LogP contribution in [0.5, 0.6) is 11.5 Å². The zero-order valence-electron chi connectivity index (χ0n) is 27.8. The Kier molecular flexibility index (Phi) is 7.84. The van der Waals surface area contributed by atoms with Crippen molar-refractivity contribution >= 4 is 24.9 Å². The Hall–Kier alpha value is -2.78. The summed E-state index contributed by atoms with van der Waals surface area (Å²) in [6, 6.07) is 16.0. The van der Waals surface area contributed by atoms with Crippen molar-refractivity contribution in [2.75, 3.05) is 13.7 Å². The lowest BCUT2D eigenvalue weighted by molar-refractivity contribution is 0.351. The summed E-state index contributed by atoms with van der Waals surface area (Å²) in [6.45, 7) is 26.0. The average molecular weight is 581 g/mol. The molecule has 0 heterocycles. The van der Waals surface area contributed by atoms with E-state index >= 15 is 0 Å². The highest BCUT2D eigenvalue weighted by molar-refractivity contribution is 6.95. The molecule has 1 atom stereocenters. The molecule has 5 rings (SSSR count). The highest BCUT2D eigenvalue weighted by Crippen LogP contribution is 2.62. The average Bonchev–Trinajstić information content (AvgIpc) is 3.27. The highest BCUT2D eigenvalue weighted by atomic mass is 28.3. The summed E-state index contributed by atoms with van der Waals surface area (Å²) < 4.78 is 12.8. The second-order valence-electron chi connectivity index (χ2n) is 15.0. The monoisotopic (exact) mass is 580 g/mol. The van der Waals surface area contributed by atoms with Crippen molar-refractivity contribution < 1.29 is 9.47 Å². The van der Waals surface area contributed by atoms with E-state index in [0.717, 1.165) is 30.0 Å². The van der Waals surface area contributed by atoms with E-state index in [2.05, 4.69) is 117 Å². The first-order valence-corrected chi connectivity index (χ1v) is 18.5. The third-order valence-corrected chi connectivity index (χ3v) is 16.0. The third kappa shape index (κ3) is 4.86. The van der Waals surface area contributed by atoms with Crippen LogP contribution >= 0.6 is 0 Å². The SMILES string of the molecule is C=CCOc1c(C(C)(C)C)cc(OC)cc1[Si](CC)(CC)C1C2=CC(C)(C)CCC2=C2C1=c1ccccc1=CC2(C)C. The lowest BCUT2D eigenvalue weighted by Gasteiger charge is -2.43. The summed E-state index contributed by atoms with van der Waals surface area (Å²) in [4.78, 5) is 0. The molecule has 42 heavy (non-hydrogen) atoms. The van der Waals surface area contributed by atoms with Crippen molar-refractivity contribution in [2.45, 2.75) is 98.2 Å². The predicted octanol–water partition coefficient (Wildman–Crippen LogP) is 8.35. The van der Waals surface area contributed by atoms with Crippen LogP contribution in [0.4, 0.5) is 0 Å². The highest BCUT2D eigenvalue weighted by Gasteiger charge is 2.54. The molecule has 2 aromatic rings. The molecule has 3 aliphatic rings. The van der Waals surface area contributed by atoms with Gasteiger partial charge in [0.2, 0.25) is 0 Å². The van der Waals surface area contributed by atoms with Crippen LogP contribution in [-0.2, 0) is 5.41 Å². The van der Waals surface area contributed by atoms with Gasteiger partial charge in [-0.15, -0.1) is 0 Å². The number of rotatable bonds is 8. The molecular weight excluding hydrogens is 529 g/mol. The van der Waals surface area contributed by atoms with Crippen molar-refractivity contribution in [3.8, 4) is 11.5 Å². The maximum Gasteiger partial charge on any atom is 0.123 e. The second kappa shape index (κ2) is 10.7. The van der Waals surface area contributed by atoms with Gasteiger partial charge in [-0.05, 0) is 73.7 Å². The smallest absolute Gasteiger partial charge is 0.123 e. The lowest BCUT2D eigenvalue weighted by atomic mass is 9.73. The molecule has 3 aliphatic carbocycles. The molecule has 0 bridgehead atoms. The van der Waals surface area contributed by atoms with Gasteiger partial charge in [0.15, 0.2) is 0 Å². The van der Waals surface area contributed by atoms with Gasteiger partial charge in [-0.3, -0.25) is 0 Å². The molecule has 0 radical (unpaired) electrons. The Bertz CT molecular complexity index is 1590. The molecule has 0 fully saturated rings. The number of ether oxygens (including phenoxy) is 2. The van der Waals surface area contributed by atoms with E-state index in [0.29, 0.717) is 12.1 Å². The minimum absolute atomic E-state index is 0.0247. The van der Waals surface area contributed by atoms with E-state index in [9.17, 15) is 0 Å². The Morgan fingerprint density at radius 2 is 1.71 bits per heavy atom. The van der Waals surface area contributed by atoms with Crippen LogP contribution in [0.1, 0.15) is 80.7 Å². The Labute approximate surface area is 255 Å². The minimum atomic E-state index is -2.35. The number of hydrogen-bond donors (Lipinski definition) is 0. The van der Waals surface area contributed by atoms with Gasteiger partial charge in [0.05, 0.1) is 7.11 Å². The van der Waals surface area contributed by atoms with Crippen molar-refractivity contribution in [1.82, 2.24) is 0 Å². The normalized spacial score (nSPS) is 20.7. The van der Waals surface area contributed by atoms with Gasteiger partial charge >= 0.3 is 0 Å². The van der Waals surface area contributed by atoms with Crippen molar-refractivity contribution in [3.05, 3.63) is 87.8 Å².